The maximum Gasteiger partial charge on any atom is 0.290 e. The van der Waals surface area contributed by atoms with Crippen LogP contribution in [-0.2, 0) is 29.6 Å². The molecule has 1 fully saturated rings. The van der Waals surface area contributed by atoms with Gasteiger partial charge in [0, 0.05) is 50.7 Å². The van der Waals surface area contributed by atoms with Gasteiger partial charge in [-0.1, -0.05) is 17.4 Å². The summed E-state index contributed by atoms with van der Waals surface area (Å²) in [6.45, 7) is 2.73. The third-order valence-corrected chi connectivity index (χ3v) is 10.9. The van der Waals surface area contributed by atoms with Crippen molar-refractivity contribution in [3.8, 4) is 11.1 Å². The molecule has 3 aromatic heterocycles. The largest absolute Gasteiger partial charge is 0.346 e. The van der Waals surface area contributed by atoms with E-state index in [-0.39, 0.29) is 38.3 Å². The van der Waals surface area contributed by atoms with Crippen LogP contribution in [-0.4, -0.2) is 69.6 Å². The molecule has 1 N–H and O–H groups in total. The number of aromatic nitrogens is 4. The fourth-order valence-electron chi connectivity index (χ4n) is 7.05. The predicted molar refractivity (Wildman–Crippen MR) is 188 cm³/mol. The Morgan fingerprint density at radius 2 is 1.57 bits per heavy atom. The van der Waals surface area contributed by atoms with Crippen molar-refractivity contribution in [2.45, 2.75) is 57.0 Å². The molecule has 1 aliphatic carbocycles. The number of piperazine rings is 1. The van der Waals surface area contributed by atoms with E-state index in [1.165, 1.54) is 23.5 Å². The van der Waals surface area contributed by atoms with E-state index in [9.17, 15) is 40.3 Å². The van der Waals surface area contributed by atoms with Gasteiger partial charge in [-0.25, -0.2) is 35.7 Å². The summed E-state index contributed by atoms with van der Waals surface area (Å²) in [5.41, 5.74) is -4.41. The molecular weight excluding hydrogens is 778 g/mol. The molecule has 9 nitrogen and oxygen atoms in total. The first-order valence-electron chi connectivity index (χ1n) is 17.4. The van der Waals surface area contributed by atoms with E-state index in [1.54, 1.807) is 6.07 Å². The van der Waals surface area contributed by atoms with Crippen LogP contribution in [0.3, 0.4) is 0 Å². The Labute approximate surface area is 317 Å². The predicted octanol–water partition coefficient (Wildman–Crippen LogP) is 7.94. The molecule has 19 heteroatoms. The second-order valence-electron chi connectivity index (χ2n) is 13.9. The van der Waals surface area contributed by atoms with Crippen molar-refractivity contribution in [1.82, 2.24) is 30.0 Å². The lowest BCUT2D eigenvalue weighted by atomic mass is 9.89. The number of fused-ring (bicyclic) bond motifs is 2. The molecule has 0 unspecified atom stereocenters. The van der Waals surface area contributed by atoms with Crippen molar-refractivity contribution < 1.29 is 49.1 Å². The number of alkyl halides is 6. The van der Waals surface area contributed by atoms with Gasteiger partial charge in [0.05, 0.1) is 27.6 Å². The Bertz CT molecular complexity index is 2320. The van der Waals surface area contributed by atoms with E-state index in [2.05, 4.69) is 15.3 Å². The second-order valence-corrected chi connectivity index (χ2v) is 14.9. The number of anilines is 1. The number of nitrogens with one attached hydrogen (secondary N) is 1. The highest BCUT2D eigenvalue weighted by Crippen LogP contribution is 2.52. The average molecular weight is 810 g/mol. The summed E-state index contributed by atoms with van der Waals surface area (Å²) < 4.78 is 132. The van der Waals surface area contributed by atoms with E-state index in [0.717, 1.165) is 38.2 Å². The molecule has 0 bridgehead atoms. The molecule has 1 saturated heterocycles. The highest BCUT2D eigenvalue weighted by Gasteiger charge is 2.55. The highest BCUT2D eigenvalue weighted by atomic mass is 32.1. The minimum atomic E-state index is -4.08. The molecule has 0 radical (unpaired) electrons. The van der Waals surface area contributed by atoms with Crippen LogP contribution in [0.4, 0.5) is 44.6 Å². The van der Waals surface area contributed by atoms with Crippen LogP contribution in [0.5, 0.6) is 0 Å². The molecule has 2 aliphatic rings. The van der Waals surface area contributed by atoms with Gasteiger partial charge >= 0.3 is 0 Å². The number of hydrogen-bond donors (Lipinski definition) is 1. The van der Waals surface area contributed by atoms with Gasteiger partial charge in [0.1, 0.15) is 35.4 Å². The molecule has 4 heterocycles. The van der Waals surface area contributed by atoms with Crippen molar-refractivity contribution in [2.24, 2.45) is 0 Å². The van der Waals surface area contributed by atoms with Gasteiger partial charge in [0.15, 0.2) is 16.6 Å². The second kappa shape index (κ2) is 14.8. The molecule has 0 saturated carbocycles. The molecule has 1 aliphatic heterocycles. The number of amides is 1. The maximum absolute atomic E-state index is 15.2. The van der Waals surface area contributed by atoms with Crippen LogP contribution in [0.25, 0.3) is 21.5 Å². The standard InChI is InChI=1S/C37H32F9N7O2S/c1-18(54)23-14-20(3-4-25(23)40)24-16-27-34(49-35(56-27)52-9-7-51(2)8-10-52)48-30(24)26(13-19-11-21(38)15-22(39)12-19)47-28(55)17-53-32-29(31(50-53)33(41)42)36(43,44)5-6-37(32,45)46/h3-4,11-12,14-16,26,33H,5-10,13,17H2,1-2H3,(H,47,55)/t26-/m0/s1. The minimum absolute atomic E-state index is 0.0109. The normalized spacial score (nSPS) is 17.3. The molecule has 296 valence electrons. The third kappa shape index (κ3) is 7.70. The van der Waals surface area contributed by atoms with Crippen LogP contribution in [0.2, 0.25) is 0 Å². The van der Waals surface area contributed by atoms with Crippen LogP contribution < -0.4 is 10.2 Å². The van der Waals surface area contributed by atoms with Crippen molar-refractivity contribution in [2.75, 3.05) is 38.1 Å². The van der Waals surface area contributed by atoms with Crippen molar-refractivity contribution in [1.29, 1.82) is 0 Å². The Hall–Kier alpha value is -5.04. The van der Waals surface area contributed by atoms with E-state index < -0.39 is 96.2 Å². The average Bonchev–Trinajstić information content (AvgIpc) is 3.73. The number of rotatable bonds is 10. The number of benzene rings is 2. The van der Waals surface area contributed by atoms with Gasteiger partial charge < -0.3 is 15.1 Å². The maximum atomic E-state index is 15.2. The molecule has 1 atom stereocenters. The number of halogens is 9. The summed E-state index contributed by atoms with van der Waals surface area (Å²) in [5, 5.41) is 6.51. The van der Waals surface area contributed by atoms with E-state index in [1.807, 2.05) is 11.9 Å². The number of Topliss-reactive ketones (excluding diaryl/α,β-unsaturated/α-hetero) is 1. The van der Waals surface area contributed by atoms with Gasteiger partial charge in [-0.15, -0.1) is 0 Å². The quantitative estimate of drug-likeness (QED) is 0.113. The first kappa shape index (κ1) is 39.2. The lowest BCUT2D eigenvalue weighted by Crippen LogP contribution is -2.44. The number of hydrogen-bond acceptors (Lipinski definition) is 8. The minimum Gasteiger partial charge on any atom is -0.346 e. The van der Waals surface area contributed by atoms with Crippen LogP contribution >= 0.6 is 11.3 Å². The van der Waals surface area contributed by atoms with Gasteiger partial charge in [0.25, 0.3) is 18.3 Å². The zero-order valence-electron chi connectivity index (χ0n) is 29.7. The number of carbonyl (C=O) groups is 2. The number of pyridine rings is 1. The van der Waals surface area contributed by atoms with Gasteiger partial charge in [-0.3, -0.25) is 14.3 Å². The van der Waals surface area contributed by atoms with Crippen molar-refractivity contribution in [3.63, 3.8) is 0 Å². The van der Waals surface area contributed by atoms with Crippen molar-refractivity contribution in [3.05, 3.63) is 93.7 Å². The summed E-state index contributed by atoms with van der Waals surface area (Å²) in [4.78, 5) is 39.8. The van der Waals surface area contributed by atoms with Crippen LogP contribution in [0, 0.1) is 17.5 Å². The zero-order chi connectivity index (χ0) is 40.3. The summed E-state index contributed by atoms with van der Waals surface area (Å²) in [7, 11) is 1.98. The van der Waals surface area contributed by atoms with Gasteiger partial charge in [-0.2, -0.15) is 18.9 Å². The summed E-state index contributed by atoms with van der Waals surface area (Å²) in [6, 6.07) is 6.46. The molecule has 1 amide bonds. The van der Waals surface area contributed by atoms with Gasteiger partial charge in [-0.05, 0) is 61.9 Å². The summed E-state index contributed by atoms with van der Waals surface area (Å²) in [6.07, 6.45) is -6.90. The summed E-state index contributed by atoms with van der Waals surface area (Å²) in [5.74, 6) is -12.7. The highest BCUT2D eigenvalue weighted by molar-refractivity contribution is 7.22. The van der Waals surface area contributed by atoms with E-state index in [4.69, 9.17) is 9.97 Å². The molecule has 2 aromatic carbocycles. The van der Waals surface area contributed by atoms with Crippen molar-refractivity contribution >= 4 is 38.5 Å². The number of ketones is 1. The van der Waals surface area contributed by atoms with E-state index >= 15 is 8.78 Å². The van der Waals surface area contributed by atoms with Gasteiger partial charge in [0.2, 0.25) is 5.91 Å². The first-order valence-corrected chi connectivity index (χ1v) is 18.2. The number of likely N-dealkylation sites (N-methyl/N-ethyl adjacent to an activating group) is 1. The fraction of sp³-hybridized carbons (Fsp3) is 0.378. The lowest BCUT2D eigenvalue weighted by Gasteiger charge is -2.31. The first-order chi connectivity index (χ1) is 26.4. The van der Waals surface area contributed by atoms with E-state index in [0.29, 0.717) is 29.0 Å². The Morgan fingerprint density at radius 3 is 2.23 bits per heavy atom. The smallest absolute Gasteiger partial charge is 0.290 e. The Morgan fingerprint density at radius 1 is 0.893 bits per heavy atom. The third-order valence-electron chi connectivity index (χ3n) is 9.80. The molecule has 56 heavy (non-hydrogen) atoms. The van der Waals surface area contributed by atoms with Crippen LogP contribution in [0.1, 0.15) is 70.8 Å². The lowest BCUT2D eigenvalue weighted by molar-refractivity contribution is -0.123. The number of carbonyl (C=O) groups excluding carboxylic acids is 2. The monoisotopic (exact) mass is 809 g/mol. The van der Waals surface area contributed by atoms with Crippen LogP contribution in [0.15, 0.2) is 42.5 Å². The zero-order valence-corrected chi connectivity index (χ0v) is 30.5. The molecule has 0 spiro atoms. The number of thiazole rings is 1. The topological polar surface area (TPSA) is 96.3 Å². The molecular formula is C37H32F9N7O2S. The Balaban J connectivity index is 1.36. The SMILES string of the molecule is CC(=O)c1cc(-c2cc3sc(N4CCN(C)CC4)nc3nc2[C@H](Cc2cc(F)cc(F)c2)NC(=O)Cn2nc(C(F)F)c3c2C(F)(F)CCC3(F)F)ccc1F. The molecule has 7 rings (SSSR count). The molecule has 5 aromatic rings. The Kier molecular flexibility index (Phi) is 10.4. The summed E-state index contributed by atoms with van der Waals surface area (Å²) >= 11 is 1.29. The number of nitrogens with zero attached hydrogens (tertiary/aromatic N) is 6. The fourth-order valence-corrected chi connectivity index (χ4v) is 8.05.